The molecule has 0 spiro atoms. The van der Waals surface area contributed by atoms with Crippen molar-refractivity contribution in [2.24, 2.45) is 5.41 Å². The molecule has 76 valence electrons. The van der Waals surface area contributed by atoms with E-state index in [1.54, 1.807) is 0 Å². The fourth-order valence-electron chi connectivity index (χ4n) is 1.29. The van der Waals surface area contributed by atoms with Gasteiger partial charge in [0, 0.05) is 25.0 Å². The Hall–Kier alpha value is -0.610. The summed E-state index contributed by atoms with van der Waals surface area (Å²) in [6.45, 7) is 1.80. The lowest BCUT2D eigenvalue weighted by molar-refractivity contribution is -0.137. The van der Waals surface area contributed by atoms with Crippen molar-refractivity contribution in [3.63, 3.8) is 0 Å². The van der Waals surface area contributed by atoms with E-state index < -0.39 is 5.97 Å². The van der Waals surface area contributed by atoms with Gasteiger partial charge in [-0.25, -0.2) is 0 Å². The highest BCUT2D eigenvalue weighted by Gasteiger charge is 2.41. The molecule has 1 aliphatic rings. The molecule has 3 N–H and O–H groups in total. The molecule has 13 heavy (non-hydrogen) atoms. The number of hydrogen-bond donors (Lipinski definition) is 3. The highest BCUT2D eigenvalue weighted by molar-refractivity contribution is 5.66. The van der Waals surface area contributed by atoms with Crippen LogP contribution in [-0.4, -0.2) is 35.9 Å². The maximum Gasteiger partial charge on any atom is 0.303 e. The Balaban J connectivity index is 1.92. The molecule has 1 rings (SSSR count). The van der Waals surface area contributed by atoms with Crippen molar-refractivity contribution in [2.45, 2.75) is 25.7 Å². The summed E-state index contributed by atoms with van der Waals surface area (Å²) in [5.74, 6) is -0.745. The maximum absolute atomic E-state index is 10.2. The van der Waals surface area contributed by atoms with Crippen LogP contribution in [0.2, 0.25) is 0 Å². The summed E-state index contributed by atoms with van der Waals surface area (Å²) in [4.78, 5) is 10.2. The van der Waals surface area contributed by atoms with Crippen molar-refractivity contribution < 1.29 is 15.0 Å². The van der Waals surface area contributed by atoms with Crippen molar-refractivity contribution in [3.8, 4) is 0 Å². The largest absolute Gasteiger partial charge is 0.481 e. The van der Waals surface area contributed by atoms with Gasteiger partial charge in [-0.1, -0.05) is 0 Å². The first-order valence-electron chi connectivity index (χ1n) is 4.72. The van der Waals surface area contributed by atoms with Gasteiger partial charge in [0.1, 0.15) is 0 Å². The molecule has 0 bridgehead atoms. The molecule has 0 unspecified atom stereocenters. The maximum atomic E-state index is 10.2. The van der Waals surface area contributed by atoms with E-state index in [1.807, 2.05) is 0 Å². The Kier molecular flexibility index (Phi) is 3.69. The van der Waals surface area contributed by atoms with Gasteiger partial charge in [0.15, 0.2) is 0 Å². The molecule has 4 heteroatoms. The topological polar surface area (TPSA) is 69.6 Å². The van der Waals surface area contributed by atoms with Crippen molar-refractivity contribution in [2.75, 3.05) is 19.7 Å². The fraction of sp³-hybridized carbons (Fsp3) is 0.889. The SMILES string of the molecule is O=C(O)CCCNCC1(CO)CC1. The number of carboxylic acid groups (broad SMARTS) is 1. The van der Waals surface area contributed by atoms with Gasteiger partial charge in [-0.15, -0.1) is 0 Å². The molecule has 0 heterocycles. The van der Waals surface area contributed by atoms with E-state index in [0.29, 0.717) is 6.42 Å². The number of aliphatic hydroxyl groups is 1. The fourth-order valence-corrected chi connectivity index (χ4v) is 1.29. The molecule has 1 fully saturated rings. The van der Waals surface area contributed by atoms with Gasteiger partial charge in [-0.2, -0.15) is 0 Å². The zero-order valence-corrected chi connectivity index (χ0v) is 7.75. The molecule has 4 nitrogen and oxygen atoms in total. The molecule has 0 aliphatic heterocycles. The summed E-state index contributed by atoms with van der Waals surface area (Å²) in [6.07, 6.45) is 3.07. The third-order valence-corrected chi connectivity index (χ3v) is 2.54. The number of carbonyl (C=O) groups is 1. The van der Waals surface area contributed by atoms with Gasteiger partial charge in [0.05, 0.1) is 0 Å². The zero-order valence-electron chi connectivity index (χ0n) is 7.75. The van der Waals surface area contributed by atoms with Crippen LogP contribution in [0.1, 0.15) is 25.7 Å². The van der Waals surface area contributed by atoms with Crippen LogP contribution < -0.4 is 5.32 Å². The van der Waals surface area contributed by atoms with E-state index in [2.05, 4.69) is 5.32 Å². The third kappa shape index (κ3) is 3.74. The quantitative estimate of drug-likeness (QED) is 0.498. The Labute approximate surface area is 78.0 Å². The molecule has 0 radical (unpaired) electrons. The predicted octanol–water partition coefficient (Wildman–Crippen LogP) is 0.213. The van der Waals surface area contributed by atoms with E-state index in [9.17, 15) is 4.79 Å². The number of carboxylic acids is 1. The monoisotopic (exact) mass is 187 g/mol. The Morgan fingerprint density at radius 3 is 2.62 bits per heavy atom. The lowest BCUT2D eigenvalue weighted by Crippen LogP contribution is -2.27. The van der Waals surface area contributed by atoms with Crippen molar-refractivity contribution in [1.82, 2.24) is 5.32 Å². The normalized spacial score (nSPS) is 18.5. The van der Waals surface area contributed by atoms with Crippen LogP contribution in [0.5, 0.6) is 0 Å². The highest BCUT2D eigenvalue weighted by atomic mass is 16.4. The second kappa shape index (κ2) is 4.58. The Bertz CT molecular complexity index is 178. The average molecular weight is 187 g/mol. The first-order chi connectivity index (χ1) is 6.18. The summed E-state index contributed by atoms with van der Waals surface area (Å²) in [5, 5.41) is 20.5. The smallest absolute Gasteiger partial charge is 0.303 e. The van der Waals surface area contributed by atoms with Crippen LogP contribution in [0.15, 0.2) is 0 Å². The Morgan fingerprint density at radius 1 is 1.46 bits per heavy atom. The molecule has 0 atom stereocenters. The molecule has 0 saturated heterocycles. The molecule has 1 aliphatic carbocycles. The second-order valence-electron chi connectivity index (χ2n) is 3.83. The van der Waals surface area contributed by atoms with E-state index in [0.717, 1.165) is 25.9 Å². The summed E-state index contributed by atoms with van der Waals surface area (Å²) < 4.78 is 0. The van der Waals surface area contributed by atoms with Crippen LogP contribution in [0.25, 0.3) is 0 Å². The van der Waals surface area contributed by atoms with Crippen LogP contribution in [-0.2, 0) is 4.79 Å². The van der Waals surface area contributed by atoms with Crippen molar-refractivity contribution in [1.29, 1.82) is 0 Å². The van der Waals surface area contributed by atoms with E-state index in [4.69, 9.17) is 10.2 Å². The number of aliphatic carboxylic acids is 1. The molecule has 0 aromatic carbocycles. The minimum Gasteiger partial charge on any atom is -0.481 e. The first-order valence-corrected chi connectivity index (χ1v) is 4.72. The number of nitrogens with one attached hydrogen (secondary N) is 1. The van der Waals surface area contributed by atoms with Gasteiger partial charge < -0.3 is 15.5 Å². The van der Waals surface area contributed by atoms with E-state index in [1.165, 1.54) is 0 Å². The van der Waals surface area contributed by atoms with E-state index in [-0.39, 0.29) is 18.4 Å². The molecule has 0 aromatic heterocycles. The van der Waals surface area contributed by atoms with Gasteiger partial charge in [-0.3, -0.25) is 4.79 Å². The van der Waals surface area contributed by atoms with Crippen molar-refractivity contribution in [3.05, 3.63) is 0 Å². The molecule has 0 aromatic rings. The zero-order chi connectivity index (χ0) is 9.73. The minimum atomic E-state index is -0.745. The lowest BCUT2D eigenvalue weighted by Gasteiger charge is -2.11. The summed E-state index contributed by atoms with van der Waals surface area (Å²) in [5.41, 5.74) is 0.128. The summed E-state index contributed by atoms with van der Waals surface area (Å²) in [7, 11) is 0. The van der Waals surface area contributed by atoms with Gasteiger partial charge in [0.25, 0.3) is 0 Å². The number of aliphatic hydroxyl groups excluding tert-OH is 1. The average Bonchev–Trinajstić information content (AvgIpc) is 2.84. The van der Waals surface area contributed by atoms with Crippen molar-refractivity contribution >= 4 is 5.97 Å². The van der Waals surface area contributed by atoms with Crippen LogP contribution in [0.3, 0.4) is 0 Å². The number of hydrogen-bond acceptors (Lipinski definition) is 3. The Morgan fingerprint density at radius 2 is 2.15 bits per heavy atom. The standard InChI is InChI=1S/C9H17NO3/c11-7-9(3-4-9)6-10-5-1-2-8(12)13/h10-11H,1-7H2,(H,12,13). The number of rotatable bonds is 7. The minimum absolute atomic E-state index is 0.128. The van der Waals surface area contributed by atoms with Crippen LogP contribution in [0, 0.1) is 5.41 Å². The first kappa shape index (κ1) is 10.5. The summed E-state index contributed by atoms with van der Waals surface area (Å²) in [6, 6.07) is 0. The van der Waals surface area contributed by atoms with Crippen LogP contribution in [0.4, 0.5) is 0 Å². The molecule has 1 saturated carbocycles. The van der Waals surface area contributed by atoms with Crippen LogP contribution >= 0.6 is 0 Å². The summed E-state index contributed by atoms with van der Waals surface area (Å²) >= 11 is 0. The van der Waals surface area contributed by atoms with Gasteiger partial charge in [-0.05, 0) is 25.8 Å². The highest BCUT2D eigenvalue weighted by Crippen LogP contribution is 2.44. The van der Waals surface area contributed by atoms with Gasteiger partial charge >= 0.3 is 5.97 Å². The molecule has 0 amide bonds. The third-order valence-electron chi connectivity index (χ3n) is 2.54. The molecular weight excluding hydrogens is 170 g/mol. The second-order valence-corrected chi connectivity index (χ2v) is 3.83. The lowest BCUT2D eigenvalue weighted by atomic mass is 10.1. The molecular formula is C9H17NO3. The van der Waals surface area contributed by atoms with Gasteiger partial charge in [0.2, 0.25) is 0 Å². The predicted molar refractivity (Wildman–Crippen MR) is 48.5 cm³/mol. The van der Waals surface area contributed by atoms with E-state index >= 15 is 0 Å².